The van der Waals surface area contributed by atoms with E-state index in [1.165, 1.54) is 5.56 Å². The van der Waals surface area contributed by atoms with Gasteiger partial charge < -0.3 is 24.1 Å². The van der Waals surface area contributed by atoms with Gasteiger partial charge in [-0.2, -0.15) is 0 Å². The summed E-state index contributed by atoms with van der Waals surface area (Å²) in [7, 11) is 5.20. The van der Waals surface area contributed by atoms with E-state index in [9.17, 15) is 5.11 Å². The predicted octanol–water partition coefficient (Wildman–Crippen LogP) is 3.04. The molecule has 6 heteroatoms. The highest BCUT2D eigenvalue weighted by Crippen LogP contribution is 2.37. The SMILES string of the molecule is COc1cc2c(cc1OC)C(CN(C)C(Oc1ccccc1)C(C)O)OCC2. The number of para-hydroxylation sites is 1. The summed E-state index contributed by atoms with van der Waals surface area (Å²) >= 11 is 0. The number of aliphatic hydroxyl groups is 1. The minimum atomic E-state index is -0.668. The molecular formula is C22H29NO5. The van der Waals surface area contributed by atoms with Gasteiger partial charge >= 0.3 is 0 Å². The molecule has 152 valence electrons. The van der Waals surface area contributed by atoms with Gasteiger partial charge in [-0.25, -0.2) is 0 Å². The molecule has 0 amide bonds. The molecule has 3 unspecified atom stereocenters. The van der Waals surface area contributed by atoms with Crippen molar-refractivity contribution in [1.29, 1.82) is 0 Å². The third-order valence-corrected chi connectivity index (χ3v) is 4.98. The summed E-state index contributed by atoms with van der Waals surface area (Å²) in [5, 5.41) is 10.3. The highest BCUT2D eigenvalue weighted by molar-refractivity contribution is 5.49. The lowest BCUT2D eigenvalue weighted by Crippen LogP contribution is -2.46. The molecule has 2 aromatic carbocycles. The van der Waals surface area contributed by atoms with Crippen LogP contribution in [-0.2, 0) is 11.2 Å². The van der Waals surface area contributed by atoms with Crippen LogP contribution in [0.3, 0.4) is 0 Å². The summed E-state index contributed by atoms with van der Waals surface area (Å²) < 4.78 is 23.0. The van der Waals surface area contributed by atoms with Crippen LogP contribution >= 0.6 is 0 Å². The fourth-order valence-corrected chi connectivity index (χ4v) is 3.57. The van der Waals surface area contributed by atoms with E-state index in [4.69, 9.17) is 18.9 Å². The van der Waals surface area contributed by atoms with Crippen LogP contribution in [0.2, 0.25) is 0 Å². The molecule has 0 bridgehead atoms. The molecular weight excluding hydrogens is 358 g/mol. The summed E-state index contributed by atoms with van der Waals surface area (Å²) in [6.45, 7) is 2.94. The number of methoxy groups -OCH3 is 2. The standard InChI is InChI=1S/C22H29NO5/c1-15(24)22(28-17-8-6-5-7-9-17)23(2)14-21-18-13-20(26-4)19(25-3)12-16(18)10-11-27-21/h5-9,12-13,15,21-22,24H,10-11,14H2,1-4H3. The molecule has 1 heterocycles. The fourth-order valence-electron chi connectivity index (χ4n) is 3.57. The topological polar surface area (TPSA) is 60.4 Å². The third-order valence-electron chi connectivity index (χ3n) is 4.98. The lowest BCUT2D eigenvalue weighted by atomic mass is 9.96. The van der Waals surface area contributed by atoms with E-state index in [-0.39, 0.29) is 6.10 Å². The van der Waals surface area contributed by atoms with E-state index in [0.29, 0.717) is 18.9 Å². The first-order valence-electron chi connectivity index (χ1n) is 9.50. The maximum absolute atomic E-state index is 10.3. The molecule has 3 rings (SSSR count). The number of nitrogens with zero attached hydrogens (tertiary/aromatic N) is 1. The third kappa shape index (κ3) is 4.58. The van der Waals surface area contributed by atoms with Crippen LogP contribution in [0.1, 0.15) is 24.2 Å². The number of likely N-dealkylation sites (N-methyl/N-ethyl adjacent to an activating group) is 1. The second-order valence-corrected chi connectivity index (χ2v) is 7.02. The Morgan fingerprint density at radius 3 is 2.46 bits per heavy atom. The van der Waals surface area contributed by atoms with Crippen molar-refractivity contribution in [2.24, 2.45) is 0 Å². The smallest absolute Gasteiger partial charge is 0.178 e. The average Bonchev–Trinajstić information content (AvgIpc) is 2.71. The number of fused-ring (bicyclic) bond motifs is 1. The quantitative estimate of drug-likeness (QED) is 0.703. The van der Waals surface area contributed by atoms with Gasteiger partial charge in [-0.1, -0.05) is 18.2 Å². The second-order valence-electron chi connectivity index (χ2n) is 7.02. The van der Waals surface area contributed by atoms with Crippen molar-refractivity contribution in [1.82, 2.24) is 4.90 Å². The number of aliphatic hydroxyl groups excluding tert-OH is 1. The van der Waals surface area contributed by atoms with Crippen molar-refractivity contribution in [2.45, 2.75) is 31.8 Å². The minimum Gasteiger partial charge on any atom is -0.493 e. The summed E-state index contributed by atoms with van der Waals surface area (Å²) in [5.74, 6) is 2.13. The van der Waals surface area contributed by atoms with Gasteiger partial charge in [-0.05, 0) is 55.8 Å². The Balaban J connectivity index is 1.79. The van der Waals surface area contributed by atoms with Crippen molar-refractivity contribution >= 4 is 0 Å². The zero-order valence-electron chi connectivity index (χ0n) is 16.9. The Morgan fingerprint density at radius 2 is 1.82 bits per heavy atom. The molecule has 0 spiro atoms. The van der Waals surface area contributed by atoms with E-state index in [1.54, 1.807) is 21.1 Å². The van der Waals surface area contributed by atoms with Crippen LogP contribution in [0.4, 0.5) is 0 Å². The highest BCUT2D eigenvalue weighted by Gasteiger charge is 2.29. The number of ether oxygens (including phenoxy) is 4. The van der Waals surface area contributed by atoms with Gasteiger partial charge in [0, 0.05) is 6.54 Å². The van der Waals surface area contributed by atoms with Gasteiger partial charge in [-0.15, -0.1) is 0 Å². The maximum Gasteiger partial charge on any atom is 0.178 e. The highest BCUT2D eigenvalue weighted by atomic mass is 16.5. The van der Waals surface area contributed by atoms with Crippen molar-refractivity contribution in [2.75, 3.05) is 34.4 Å². The molecule has 0 aliphatic carbocycles. The van der Waals surface area contributed by atoms with Gasteiger partial charge in [0.15, 0.2) is 17.7 Å². The normalized spacial score (nSPS) is 18.3. The van der Waals surface area contributed by atoms with E-state index in [2.05, 4.69) is 0 Å². The zero-order valence-corrected chi connectivity index (χ0v) is 16.9. The van der Waals surface area contributed by atoms with Crippen LogP contribution in [0.5, 0.6) is 17.2 Å². The van der Waals surface area contributed by atoms with Gasteiger partial charge in [0.1, 0.15) is 11.9 Å². The molecule has 1 N–H and O–H groups in total. The van der Waals surface area contributed by atoms with Gasteiger partial charge in [0.25, 0.3) is 0 Å². The maximum atomic E-state index is 10.3. The fraction of sp³-hybridized carbons (Fsp3) is 0.455. The second kappa shape index (κ2) is 9.28. The summed E-state index contributed by atoms with van der Waals surface area (Å²) in [6, 6.07) is 13.5. The van der Waals surface area contributed by atoms with Crippen LogP contribution in [0.15, 0.2) is 42.5 Å². The Morgan fingerprint density at radius 1 is 1.14 bits per heavy atom. The van der Waals surface area contributed by atoms with Gasteiger partial charge in [0.2, 0.25) is 0 Å². The van der Waals surface area contributed by atoms with E-state index >= 15 is 0 Å². The zero-order chi connectivity index (χ0) is 20.1. The lowest BCUT2D eigenvalue weighted by Gasteiger charge is -2.35. The first-order valence-corrected chi connectivity index (χ1v) is 9.50. The number of benzene rings is 2. The van der Waals surface area contributed by atoms with Crippen LogP contribution < -0.4 is 14.2 Å². The molecule has 1 aliphatic rings. The number of rotatable bonds is 8. The first kappa shape index (κ1) is 20.5. The Kier molecular flexibility index (Phi) is 6.78. The molecule has 28 heavy (non-hydrogen) atoms. The minimum absolute atomic E-state index is 0.144. The number of hydrogen-bond acceptors (Lipinski definition) is 6. The van der Waals surface area contributed by atoms with Crippen LogP contribution in [0, 0.1) is 0 Å². The lowest BCUT2D eigenvalue weighted by molar-refractivity contribution is -0.0726. The Labute approximate surface area is 166 Å². The predicted molar refractivity (Wildman–Crippen MR) is 107 cm³/mol. The van der Waals surface area contributed by atoms with Gasteiger partial charge in [0.05, 0.1) is 26.9 Å². The molecule has 0 radical (unpaired) electrons. The average molecular weight is 387 g/mol. The number of hydrogen-bond donors (Lipinski definition) is 1. The molecule has 3 atom stereocenters. The molecule has 0 saturated heterocycles. The molecule has 0 fully saturated rings. The monoisotopic (exact) mass is 387 g/mol. The molecule has 0 saturated carbocycles. The molecule has 2 aromatic rings. The summed E-state index contributed by atoms with van der Waals surface area (Å²) in [5.41, 5.74) is 2.28. The van der Waals surface area contributed by atoms with Crippen molar-refractivity contribution in [3.05, 3.63) is 53.6 Å². The van der Waals surface area contributed by atoms with Crippen LogP contribution in [-0.4, -0.2) is 56.8 Å². The Bertz CT molecular complexity index is 765. The van der Waals surface area contributed by atoms with Crippen LogP contribution in [0.25, 0.3) is 0 Å². The van der Waals surface area contributed by atoms with Crippen molar-refractivity contribution < 1.29 is 24.1 Å². The van der Waals surface area contributed by atoms with Crippen molar-refractivity contribution in [3.63, 3.8) is 0 Å². The first-order chi connectivity index (χ1) is 13.5. The summed E-state index contributed by atoms with van der Waals surface area (Å²) in [4.78, 5) is 1.98. The van der Waals surface area contributed by atoms with E-state index in [0.717, 1.165) is 23.5 Å². The largest absolute Gasteiger partial charge is 0.493 e. The van der Waals surface area contributed by atoms with E-state index in [1.807, 2.05) is 54.4 Å². The van der Waals surface area contributed by atoms with Crippen molar-refractivity contribution in [3.8, 4) is 17.2 Å². The van der Waals surface area contributed by atoms with E-state index < -0.39 is 12.3 Å². The Hall–Kier alpha value is -2.28. The summed E-state index contributed by atoms with van der Waals surface area (Å²) in [6.07, 6.45) is -0.472. The van der Waals surface area contributed by atoms with Gasteiger partial charge in [-0.3, -0.25) is 4.90 Å². The molecule has 1 aliphatic heterocycles. The molecule has 0 aromatic heterocycles. The molecule has 6 nitrogen and oxygen atoms in total.